The quantitative estimate of drug-likeness (QED) is 0.128. The van der Waals surface area contributed by atoms with Crippen molar-refractivity contribution in [1.29, 1.82) is 0 Å². The lowest BCUT2D eigenvalue weighted by Gasteiger charge is -2.36. The number of esters is 1. The summed E-state index contributed by atoms with van der Waals surface area (Å²) in [4.78, 5) is 12.3. The van der Waals surface area contributed by atoms with E-state index in [1.165, 1.54) is 35.6 Å². The zero-order chi connectivity index (χ0) is 26.0. The first-order valence-corrected chi connectivity index (χ1v) is 19.1. The molecule has 2 aromatic carbocycles. The Morgan fingerprint density at radius 1 is 0.914 bits per heavy atom. The molecule has 0 saturated carbocycles. The molecular formula is C29H48O4Si2. The van der Waals surface area contributed by atoms with Crippen LogP contribution in [0.25, 0.3) is 10.8 Å². The number of unbranched alkanes of at least 4 members (excludes halogenated alkanes) is 4. The maximum Gasteiger partial charge on any atom is 0.324 e. The highest BCUT2D eigenvalue weighted by Crippen LogP contribution is 2.29. The SMILES string of the molecule is CCCCCCCC(=O)OC(C)(C)CC[Si](C)(C)O[Si](C)(CCc1ccc2ccccc2c1)OC. The van der Waals surface area contributed by atoms with E-state index in [2.05, 4.69) is 69.0 Å². The highest BCUT2D eigenvalue weighted by Gasteiger charge is 2.39. The Kier molecular flexibility index (Phi) is 11.7. The van der Waals surface area contributed by atoms with Crippen molar-refractivity contribution in [2.24, 2.45) is 0 Å². The first-order valence-electron chi connectivity index (χ1n) is 13.4. The molecule has 0 aliphatic carbocycles. The van der Waals surface area contributed by atoms with Crippen LogP contribution in [0.3, 0.4) is 0 Å². The van der Waals surface area contributed by atoms with E-state index in [0.717, 1.165) is 37.8 Å². The number of aryl methyl sites for hydroxylation is 1. The second-order valence-corrected chi connectivity index (χ2v) is 19.3. The minimum atomic E-state index is -2.31. The molecule has 0 radical (unpaired) electrons. The molecule has 0 amide bonds. The molecule has 4 nitrogen and oxygen atoms in total. The van der Waals surface area contributed by atoms with Crippen LogP contribution in [0.5, 0.6) is 0 Å². The van der Waals surface area contributed by atoms with Gasteiger partial charge in [-0.3, -0.25) is 4.79 Å². The third-order valence-corrected chi connectivity index (χ3v) is 14.2. The first kappa shape index (κ1) is 29.8. The molecule has 1 atom stereocenters. The van der Waals surface area contributed by atoms with Crippen LogP contribution in [0, 0.1) is 0 Å². The van der Waals surface area contributed by atoms with Gasteiger partial charge in [-0.25, -0.2) is 0 Å². The average Bonchev–Trinajstić information content (AvgIpc) is 2.81. The smallest absolute Gasteiger partial charge is 0.324 e. The fourth-order valence-corrected chi connectivity index (χ4v) is 12.5. The van der Waals surface area contributed by atoms with E-state index in [0.29, 0.717) is 6.42 Å². The summed E-state index contributed by atoms with van der Waals surface area (Å²) in [7, 11) is -2.51. The van der Waals surface area contributed by atoms with Crippen molar-refractivity contribution in [3.63, 3.8) is 0 Å². The molecule has 0 saturated heterocycles. The topological polar surface area (TPSA) is 44.8 Å². The van der Waals surface area contributed by atoms with Gasteiger partial charge in [-0.2, -0.15) is 0 Å². The van der Waals surface area contributed by atoms with Crippen molar-refractivity contribution >= 4 is 33.6 Å². The highest BCUT2D eigenvalue weighted by atomic mass is 28.4. The second-order valence-electron chi connectivity index (χ2n) is 11.3. The Bertz CT molecular complexity index is 928. The van der Waals surface area contributed by atoms with Gasteiger partial charge < -0.3 is 13.3 Å². The molecule has 196 valence electrons. The van der Waals surface area contributed by atoms with Crippen LogP contribution in [0.4, 0.5) is 0 Å². The number of rotatable bonds is 16. The molecule has 0 N–H and O–H groups in total. The number of ether oxygens (including phenoxy) is 1. The fraction of sp³-hybridized carbons (Fsp3) is 0.621. The third kappa shape index (κ3) is 11.0. The Morgan fingerprint density at radius 3 is 2.29 bits per heavy atom. The molecular weight excluding hydrogens is 468 g/mol. The van der Waals surface area contributed by atoms with Crippen LogP contribution in [0.1, 0.15) is 71.3 Å². The van der Waals surface area contributed by atoms with Gasteiger partial charge in [0.25, 0.3) is 0 Å². The summed E-state index contributed by atoms with van der Waals surface area (Å²) in [5.74, 6) is -0.0709. The number of benzene rings is 2. The molecule has 6 heteroatoms. The molecule has 0 aromatic heterocycles. The molecule has 0 spiro atoms. The lowest BCUT2D eigenvalue weighted by atomic mass is 10.1. The minimum Gasteiger partial charge on any atom is -0.460 e. The van der Waals surface area contributed by atoms with Gasteiger partial charge >= 0.3 is 14.5 Å². The molecule has 0 aliphatic rings. The van der Waals surface area contributed by atoms with Crippen LogP contribution in [-0.2, 0) is 24.5 Å². The zero-order valence-electron chi connectivity index (χ0n) is 23.2. The fourth-order valence-electron chi connectivity index (χ4n) is 4.48. The van der Waals surface area contributed by atoms with Crippen molar-refractivity contribution in [3.05, 3.63) is 48.0 Å². The largest absolute Gasteiger partial charge is 0.460 e. The van der Waals surface area contributed by atoms with E-state index in [1.807, 2.05) is 13.8 Å². The van der Waals surface area contributed by atoms with Gasteiger partial charge in [0.05, 0.1) is 0 Å². The number of hydrogen-bond donors (Lipinski definition) is 0. The van der Waals surface area contributed by atoms with E-state index in [1.54, 1.807) is 7.11 Å². The van der Waals surface area contributed by atoms with Gasteiger partial charge in [-0.15, -0.1) is 0 Å². The van der Waals surface area contributed by atoms with Crippen LogP contribution < -0.4 is 0 Å². The van der Waals surface area contributed by atoms with Crippen LogP contribution in [-0.4, -0.2) is 35.6 Å². The lowest BCUT2D eigenvalue weighted by molar-refractivity contribution is -0.156. The van der Waals surface area contributed by atoms with Crippen molar-refractivity contribution in [2.45, 2.75) is 109 Å². The third-order valence-electron chi connectivity index (χ3n) is 6.81. The molecule has 35 heavy (non-hydrogen) atoms. The molecule has 0 heterocycles. The van der Waals surface area contributed by atoms with E-state index in [4.69, 9.17) is 13.3 Å². The Hall–Kier alpha value is -1.48. The van der Waals surface area contributed by atoms with E-state index >= 15 is 0 Å². The predicted octanol–water partition coefficient (Wildman–Crippen LogP) is 8.39. The summed E-state index contributed by atoms with van der Waals surface area (Å²) in [5.41, 5.74) is 0.856. The Labute approximate surface area is 216 Å². The number of hydrogen-bond acceptors (Lipinski definition) is 4. The standard InChI is InChI=1S/C29H48O4Si2/c1-8-9-10-11-12-17-28(30)32-29(2,3)21-23-34(5,6)33-35(7,31-4)22-20-25-18-19-26-15-13-14-16-27(26)24-25/h13-16,18-19,24H,8-12,17,20-23H2,1-7H3. The molecule has 0 fully saturated rings. The van der Waals surface area contributed by atoms with E-state index < -0.39 is 22.5 Å². The molecule has 2 aromatic rings. The summed E-state index contributed by atoms with van der Waals surface area (Å²) in [5, 5.41) is 2.55. The van der Waals surface area contributed by atoms with Crippen LogP contribution in [0.15, 0.2) is 42.5 Å². The van der Waals surface area contributed by atoms with Crippen molar-refractivity contribution < 1.29 is 18.1 Å². The summed E-state index contributed by atoms with van der Waals surface area (Å²) < 4.78 is 18.7. The van der Waals surface area contributed by atoms with Crippen molar-refractivity contribution in [2.75, 3.05) is 7.11 Å². The maximum atomic E-state index is 12.3. The monoisotopic (exact) mass is 516 g/mol. The van der Waals surface area contributed by atoms with Gasteiger partial charge in [0.1, 0.15) is 5.60 Å². The van der Waals surface area contributed by atoms with Gasteiger partial charge in [-0.05, 0) is 81.2 Å². The first-order chi connectivity index (χ1) is 16.5. The van der Waals surface area contributed by atoms with Crippen molar-refractivity contribution in [1.82, 2.24) is 0 Å². The highest BCUT2D eigenvalue weighted by molar-refractivity contribution is 6.82. The predicted molar refractivity (Wildman–Crippen MR) is 153 cm³/mol. The molecule has 2 rings (SSSR count). The van der Waals surface area contributed by atoms with E-state index in [-0.39, 0.29) is 5.97 Å². The van der Waals surface area contributed by atoms with Crippen molar-refractivity contribution in [3.8, 4) is 0 Å². The summed E-state index contributed by atoms with van der Waals surface area (Å²) in [6.45, 7) is 13.0. The molecule has 0 aliphatic heterocycles. The van der Waals surface area contributed by atoms with Crippen LogP contribution in [0.2, 0.25) is 31.7 Å². The summed E-state index contributed by atoms with van der Waals surface area (Å²) in [6.07, 6.45) is 7.98. The van der Waals surface area contributed by atoms with Gasteiger partial charge in [0.2, 0.25) is 0 Å². The summed E-state index contributed by atoms with van der Waals surface area (Å²) >= 11 is 0. The van der Waals surface area contributed by atoms with Gasteiger partial charge in [0, 0.05) is 13.5 Å². The zero-order valence-corrected chi connectivity index (χ0v) is 25.2. The second kappa shape index (κ2) is 13.7. The van der Waals surface area contributed by atoms with E-state index in [9.17, 15) is 4.79 Å². The van der Waals surface area contributed by atoms with Gasteiger partial charge in [-0.1, -0.05) is 75.1 Å². The average molecular weight is 517 g/mol. The van der Waals surface area contributed by atoms with Gasteiger partial charge in [0.15, 0.2) is 8.32 Å². The number of carbonyl (C=O) groups is 1. The number of carbonyl (C=O) groups excluding carboxylic acids is 1. The number of fused-ring (bicyclic) bond motifs is 1. The molecule has 1 unspecified atom stereocenters. The minimum absolute atomic E-state index is 0.0709. The lowest BCUT2D eigenvalue weighted by Crippen LogP contribution is -2.49. The Morgan fingerprint density at radius 2 is 1.60 bits per heavy atom. The van der Waals surface area contributed by atoms with Crippen LogP contribution >= 0.6 is 0 Å². The molecule has 0 bridgehead atoms. The summed E-state index contributed by atoms with van der Waals surface area (Å²) in [6, 6.07) is 17.0. The maximum absolute atomic E-state index is 12.3. The Balaban J connectivity index is 1.84. The normalized spacial score (nSPS) is 14.1.